The van der Waals surface area contributed by atoms with Gasteiger partial charge in [0.15, 0.2) is 0 Å². The van der Waals surface area contributed by atoms with E-state index < -0.39 is 24.3 Å². The highest BCUT2D eigenvalue weighted by molar-refractivity contribution is 5.90. The third kappa shape index (κ3) is 7.60. The summed E-state index contributed by atoms with van der Waals surface area (Å²) >= 11 is 0. The van der Waals surface area contributed by atoms with Crippen LogP contribution in [0.1, 0.15) is 17.0 Å². The molecule has 1 aromatic rings. The molecule has 1 rings (SSSR count). The molecule has 0 fully saturated rings. The van der Waals surface area contributed by atoms with Crippen molar-refractivity contribution in [3.05, 3.63) is 29.1 Å². The molecule has 0 aliphatic carbocycles. The Hall–Kier alpha value is -2.13. The van der Waals surface area contributed by atoms with Crippen molar-refractivity contribution in [2.45, 2.75) is 33.1 Å². The molecule has 4 nitrogen and oxygen atoms in total. The van der Waals surface area contributed by atoms with Crippen LogP contribution in [0.4, 0.5) is 26.3 Å². The Bertz CT molecular complexity index is 476. The van der Waals surface area contributed by atoms with Crippen LogP contribution in [0.2, 0.25) is 0 Å². The van der Waals surface area contributed by atoms with Crippen LogP contribution in [0.15, 0.2) is 12.1 Å². The summed E-state index contributed by atoms with van der Waals surface area (Å²) in [5.41, 5.74) is 3.50. The number of nitrogens with zero attached hydrogens (tertiary/aromatic N) is 1. The van der Waals surface area contributed by atoms with Crippen LogP contribution in [-0.2, 0) is 14.3 Å². The number of carbonyl (C=O) groups is 2. The molecular formula is C12H11F6NO3. The molecule has 10 heteroatoms. The highest BCUT2D eigenvalue weighted by Gasteiger charge is 2.49. The van der Waals surface area contributed by atoms with Crippen molar-refractivity contribution in [2.24, 2.45) is 0 Å². The molecule has 0 bridgehead atoms. The molecule has 0 N–H and O–H groups in total. The molecule has 0 amide bonds. The van der Waals surface area contributed by atoms with E-state index in [4.69, 9.17) is 0 Å². The molecule has 0 aliphatic heterocycles. The van der Waals surface area contributed by atoms with Crippen LogP contribution >= 0.6 is 0 Å². The van der Waals surface area contributed by atoms with Gasteiger partial charge < -0.3 is 4.74 Å². The minimum atomic E-state index is -5.62. The number of ether oxygens (including phenoxy) is 1. The summed E-state index contributed by atoms with van der Waals surface area (Å²) in [5, 5.41) is 0. The van der Waals surface area contributed by atoms with Gasteiger partial charge in [0, 0.05) is 11.4 Å². The van der Waals surface area contributed by atoms with Gasteiger partial charge in [-0.1, -0.05) is 0 Å². The number of hydrogen-bond donors (Lipinski definition) is 0. The molecular weight excluding hydrogens is 320 g/mol. The van der Waals surface area contributed by atoms with Gasteiger partial charge in [0.05, 0.1) is 0 Å². The predicted molar refractivity (Wildman–Crippen MR) is 61.7 cm³/mol. The lowest BCUT2D eigenvalue weighted by Gasteiger charge is -2.06. The maximum Gasteiger partial charge on any atom is 0.491 e. The Balaban J connectivity index is 0.000000425. The molecule has 0 spiro atoms. The van der Waals surface area contributed by atoms with E-state index in [0.717, 1.165) is 11.4 Å². The molecule has 0 saturated heterocycles. The normalized spacial score (nSPS) is 11.3. The van der Waals surface area contributed by atoms with Crippen LogP contribution in [0.25, 0.3) is 0 Å². The fraction of sp³-hybridized carbons (Fsp3) is 0.417. The second kappa shape index (κ2) is 7.23. The van der Waals surface area contributed by atoms with E-state index in [9.17, 15) is 35.9 Å². The minimum absolute atomic E-state index is 1.10. The first-order chi connectivity index (χ1) is 9.73. The average Bonchev–Trinajstić information content (AvgIpc) is 2.24. The monoisotopic (exact) mass is 331 g/mol. The lowest BCUT2D eigenvalue weighted by atomic mass is 10.2. The summed E-state index contributed by atoms with van der Waals surface area (Å²) in [4.78, 5) is 23.5. The summed E-state index contributed by atoms with van der Waals surface area (Å²) in [7, 11) is 0. The first kappa shape index (κ1) is 19.9. The first-order valence-electron chi connectivity index (χ1n) is 5.55. The Morgan fingerprint density at radius 3 is 1.41 bits per heavy atom. The number of aromatic nitrogens is 1. The summed E-state index contributed by atoms with van der Waals surface area (Å²) in [6.45, 7) is 6.11. The number of esters is 2. The minimum Gasteiger partial charge on any atom is -0.380 e. The van der Waals surface area contributed by atoms with Gasteiger partial charge in [0.1, 0.15) is 0 Å². The fourth-order valence-electron chi connectivity index (χ4n) is 1.24. The highest BCUT2D eigenvalue weighted by Crippen LogP contribution is 2.21. The van der Waals surface area contributed by atoms with E-state index in [1.165, 1.54) is 5.56 Å². The predicted octanol–water partition coefficient (Wildman–Crippen LogP) is 3.19. The van der Waals surface area contributed by atoms with Crippen molar-refractivity contribution in [2.75, 3.05) is 0 Å². The van der Waals surface area contributed by atoms with Gasteiger partial charge in [-0.2, -0.15) is 26.3 Å². The zero-order valence-corrected chi connectivity index (χ0v) is 11.6. The van der Waals surface area contributed by atoms with Crippen LogP contribution in [0.5, 0.6) is 0 Å². The molecule has 0 radical (unpaired) electrons. The molecule has 1 aromatic heterocycles. The van der Waals surface area contributed by atoms with Gasteiger partial charge in [0.2, 0.25) is 0 Å². The molecule has 1 heterocycles. The zero-order valence-electron chi connectivity index (χ0n) is 11.6. The van der Waals surface area contributed by atoms with E-state index in [0.29, 0.717) is 0 Å². The third-order valence-electron chi connectivity index (χ3n) is 1.87. The molecule has 0 saturated carbocycles. The Morgan fingerprint density at radius 2 is 1.18 bits per heavy atom. The lowest BCUT2D eigenvalue weighted by Crippen LogP contribution is -2.34. The topological polar surface area (TPSA) is 56.3 Å². The van der Waals surface area contributed by atoms with Gasteiger partial charge in [-0.05, 0) is 38.5 Å². The van der Waals surface area contributed by atoms with Crippen LogP contribution < -0.4 is 0 Å². The maximum absolute atomic E-state index is 11.2. The van der Waals surface area contributed by atoms with E-state index in [-0.39, 0.29) is 0 Å². The molecule has 0 aliphatic rings. The van der Waals surface area contributed by atoms with Gasteiger partial charge in [-0.3, -0.25) is 4.98 Å². The standard InChI is InChI=1S/C8H11N.C4F6O3/c1-6-4-7(2)9-8(3)5-6;5-3(6,7)1(11)13-2(12)4(8,9)10/h4-5H,1-3H3;. The smallest absolute Gasteiger partial charge is 0.380 e. The third-order valence-corrected chi connectivity index (χ3v) is 1.87. The van der Waals surface area contributed by atoms with Crippen molar-refractivity contribution in [1.82, 2.24) is 4.98 Å². The van der Waals surface area contributed by atoms with Gasteiger partial charge in [-0.25, -0.2) is 9.59 Å². The van der Waals surface area contributed by atoms with Gasteiger partial charge in [0.25, 0.3) is 0 Å². The fourth-order valence-corrected chi connectivity index (χ4v) is 1.24. The number of alkyl halides is 6. The maximum atomic E-state index is 11.2. The molecule has 0 atom stereocenters. The Labute approximate surface area is 121 Å². The average molecular weight is 331 g/mol. The van der Waals surface area contributed by atoms with Crippen molar-refractivity contribution in [1.29, 1.82) is 0 Å². The Kier molecular flexibility index (Phi) is 6.53. The summed E-state index contributed by atoms with van der Waals surface area (Å²) in [6, 6.07) is 4.15. The van der Waals surface area contributed by atoms with Crippen molar-refractivity contribution in [3.63, 3.8) is 0 Å². The molecule has 0 unspecified atom stereocenters. The van der Waals surface area contributed by atoms with E-state index in [1.54, 1.807) is 0 Å². The molecule has 124 valence electrons. The second-order valence-corrected chi connectivity index (χ2v) is 4.10. The zero-order chi connectivity index (χ0) is 17.7. The molecule has 22 heavy (non-hydrogen) atoms. The van der Waals surface area contributed by atoms with Crippen LogP contribution in [-0.4, -0.2) is 29.3 Å². The van der Waals surface area contributed by atoms with Crippen molar-refractivity contribution in [3.8, 4) is 0 Å². The van der Waals surface area contributed by atoms with Crippen molar-refractivity contribution < 1.29 is 40.7 Å². The first-order valence-corrected chi connectivity index (χ1v) is 5.55. The number of pyridine rings is 1. The summed E-state index contributed by atoms with van der Waals surface area (Å²) < 4.78 is 69.7. The number of carbonyl (C=O) groups excluding carboxylic acids is 2. The van der Waals surface area contributed by atoms with Gasteiger partial charge >= 0.3 is 24.3 Å². The largest absolute Gasteiger partial charge is 0.491 e. The van der Waals surface area contributed by atoms with Gasteiger partial charge in [-0.15, -0.1) is 0 Å². The SMILES string of the molecule is Cc1cc(C)nc(C)c1.O=C(OC(=O)C(F)(F)F)C(F)(F)F. The second-order valence-electron chi connectivity index (χ2n) is 4.10. The quantitative estimate of drug-likeness (QED) is 0.416. The number of rotatable bonds is 0. The molecule has 0 aromatic carbocycles. The van der Waals surface area contributed by atoms with Crippen LogP contribution in [0.3, 0.4) is 0 Å². The van der Waals surface area contributed by atoms with E-state index >= 15 is 0 Å². The Morgan fingerprint density at radius 1 is 0.864 bits per heavy atom. The summed E-state index contributed by atoms with van der Waals surface area (Å²) in [6.07, 6.45) is -11.2. The lowest BCUT2D eigenvalue weighted by molar-refractivity contribution is -0.221. The number of hydrogen-bond acceptors (Lipinski definition) is 4. The summed E-state index contributed by atoms with van der Waals surface area (Å²) in [5.74, 6) is -6.40. The number of aryl methyl sites for hydroxylation is 3. The van der Waals surface area contributed by atoms with E-state index in [1.807, 2.05) is 13.8 Å². The highest BCUT2D eigenvalue weighted by atomic mass is 19.4. The van der Waals surface area contributed by atoms with Crippen LogP contribution in [0, 0.1) is 20.8 Å². The van der Waals surface area contributed by atoms with Crippen molar-refractivity contribution >= 4 is 11.9 Å². The van der Waals surface area contributed by atoms with E-state index in [2.05, 4.69) is 28.8 Å². The number of halogens is 6.